The molecule has 22 heavy (non-hydrogen) atoms. The van der Waals surface area contributed by atoms with Crippen molar-refractivity contribution in [3.63, 3.8) is 0 Å². The molecule has 116 valence electrons. The number of aldehydes is 1. The first-order valence-electron chi connectivity index (χ1n) is 6.63. The summed E-state index contributed by atoms with van der Waals surface area (Å²) in [6, 6.07) is 7.99. The predicted molar refractivity (Wildman–Crippen MR) is 81.0 cm³/mol. The fourth-order valence-electron chi connectivity index (χ4n) is 2.29. The van der Waals surface area contributed by atoms with Gasteiger partial charge < -0.3 is 14.2 Å². The van der Waals surface area contributed by atoms with E-state index >= 15 is 0 Å². The Morgan fingerprint density at radius 3 is 2.41 bits per heavy atom. The van der Waals surface area contributed by atoms with Crippen LogP contribution >= 0.6 is 0 Å². The van der Waals surface area contributed by atoms with Crippen LogP contribution in [0.4, 0.5) is 4.39 Å². The Bertz CT molecular complexity index is 683. The average Bonchev–Trinajstić information content (AvgIpc) is 2.55. The van der Waals surface area contributed by atoms with E-state index in [0.29, 0.717) is 22.4 Å². The minimum Gasteiger partial charge on any atom is -0.497 e. The Balaban J connectivity index is 2.65. The molecule has 0 heterocycles. The second kappa shape index (κ2) is 7.04. The van der Waals surface area contributed by atoms with Crippen molar-refractivity contribution in [2.75, 3.05) is 21.3 Å². The van der Waals surface area contributed by atoms with Crippen LogP contribution in [0.1, 0.15) is 15.9 Å². The number of benzene rings is 2. The number of methoxy groups -OCH3 is 3. The molecule has 0 saturated carbocycles. The molecule has 0 bridgehead atoms. The Morgan fingerprint density at radius 2 is 1.82 bits per heavy atom. The SMILES string of the molecule is COCc1cc(OC)c(F)cc1-c1ccc(OC)cc1C=O. The van der Waals surface area contributed by atoms with Crippen molar-refractivity contribution in [1.82, 2.24) is 0 Å². The van der Waals surface area contributed by atoms with Gasteiger partial charge in [0.15, 0.2) is 17.9 Å². The van der Waals surface area contributed by atoms with E-state index in [9.17, 15) is 9.18 Å². The van der Waals surface area contributed by atoms with Gasteiger partial charge in [-0.15, -0.1) is 0 Å². The number of carbonyl (C=O) groups excluding carboxylic acids is 1. The Kier molecular flexibility index (Phi) is 5.12. The van der Waals surface area contributed by atoms with Crippen LogP contribution in [0.3, 0.4) is 0 Å². The summed E-state index contributed by atoms with van der Waals surface area (Å²) < 4.78 is 29.3. The van der Waals surface area contributed by atoms with Crippen molar-refractivity contribution in [1.29, 1.82) is 0 Å². The van der Waals surface area contributed by atoms with E-state index in [1.165, 1.54) is 20.3 Å². The van der Waals surface area contributed by atoms with Gasteiger partial charge in [-0.25, -0.2) is 4.39 Å². The Hall–Kier alpha value is -2.40. The summed E-state index contributed by atoms with van der Waals surface area (Å²) in [6.07, 6.45) is 0.719. The first-order chi connectivity index (χ1) is 10.6. The van der Waals surface area contributed by atoms with Crippen LogP contribution in [0.25, 0.3) is 11.1 Å². The van der Waals surface area contributed by atoms with Crippen molar-refractivity contribution in [3.05, 3.63) is 47.3 Å². The van der Waals surface area contributed by atoms with Crippen LogP contribution in [-0.2, 0) is 11.3 Å². The highest BCUT2D eigenvalue weighted by Crippen LogP contribution is 2.33. The van der Waals surface area contributed by atoms with Crippen LogP contribution in [0.5, 0.6) is 11.5 Å². The van der Waals surface area contributed by atoms with Crippen molar-refractivity contribution in [3.8, 4) is 22.6 Å². The van der Waals surface area contributed by atoms with Crippen LogP contribution in [0, 0.1) is 5.82 Å². The van der Waals surface area contributed by atoms with Crippen LogP contribution < -0.4 is 9.47 Å². The van der Waals surface area contributed by atoms with Crippen molar-refractivity contribution in [2.45, 2.75) is 6.61 Å². The van der Waals surface area contributed by atoms with Crippen LogP contribution in [0.2, 0.25) is 0 Å². The van der Waals surface area contributed by atoms with Gasteiger partial charge >= 0.3 is 0 Å². The van der Waals surface area contributed by atoms with Gasteiger partial charge in [-0.2, -0.15) is 0 Å². The number of rotatable bonds is 6. The lowest BCUT2D eigenvalue weighted by Crippen LogP contribution is -1.99. The lowest BCUT2D eigenvalue weighted by Gasteiger charge is -2.14. The molecule has 2 aromatic carbocycles. The molecule has 2 rings (SSSR count). The molecule has 0 spiro atoms. The molecule has 0 radical (unpaired) electrons. The highest BCUT2D eigenvalue weighted by molar-refractivity contribution is 5.89. The fraction of sp³-hybridized carbons (Fsp3) is 0.235. The highest BCUT2D eigenvalue weighted by Gasteiger charge is 2.15. The zero-order chi connectivity index (χ0) is 16.1. The van der Waals surface area contributed by atoms with E-state index < -0.39 is 5.82 Å². The topological polar surface area (TPSA) is 44.8 Å². The monoisotopic (exact) mass is 304 g/mol. The number of halogens is 1. The molecule has 4 nitrogen and oxygen atoms in total. The van der Waals surface area contributed by atoms with E-state index in [0.717, 1.165) is 11.8 Å². The largest absolute Gasteiger partial charge is 0.497 e. The minimum absolute atomic E-state index is 0.136. The molecule has 0 aliphatic rings. The summed E-state index contributed by atoms with van der Waals surface area (Å²) >= 11 is 0. The molecule has 2 aromatic rings. The first kappa shape index (κ1) is 16.0. The molecule has 0 saturated heterocycles. The van der Waals surface area contributed by atoms with Crippen molar-refractivity contribution >= 4 is 6.29 Å². The maximum atomic E-state index is 14.1. The van der Waals surface area contributed by atoms with Gasteiger partial charge in [-0.3, -0.25) is 4.79 Å². The smallest absolute Gasteiger partial charge is 0.165 e. The zero-order valence-electron chi connectivity index (χ0n) is 12.7. The Morgan fingerprint density at radius 1 is 1.05 bits per heavy atom. The molecule has 0 N–H and O–H groups in total. The second-order valence-electron chi connectivity index (χ2n) is 4.65. The van der Waals surface area contributed by atoms with E-state index in [4.69, 9.17) is 14.2 Å². The third-order valence-corrected chi connectivity index (χ3v) is 3.35. The fourth-order valence-corrected chi connectivity index (χ4v) is 2.29. The molecule has 0 aliphatic carbocycles. The van der Waals surface area contributed by atoms with Crippen LogP contribution in [0.15, 0.2) is 30.3 Å². The molecule has 5 heteroatoms. The van der Waals surface area contributed by atoms with Gasteiger partial charge in [-0.05, 0) is 47.0 Å². The molecule has 0 aliphatic heterocycles. The lowest BCUT2D eigenvalue weighted by atomic mass is 9.95. The molecule has 0 atom stereocenters. The third kappa shape index (κ3) is 3.09. The summed E-state index contributed by atoms with van der Waals surface area (Å²) in [5, 5.41) is 0. The lowest BCUT2D eigenvalue weighted by molar-refractivity contribution is 0.112. The van der Waals surface area contributed by atoms with E-state index in [-0.39, 0.29) is 12.4 Å². The molecule has 0 fully saturated rings. The van der Waals surface area contributed by atoms with E-state index in [1.807, 2.05) is 0 Å². The van der Waals surface area contributed by atoms with Gasteiger partial charge in [-0.1, -0.05) is 0 Å². The third-order valence-electron chi connectivity index (χ3n) is 3.35. The second-order valence-corrected chi connectivity index (χ2v) is 4.65. The van der Waals surface area contributed by atoms with Gasteiger partial charge in [0.1, 0.15) is 5.75 Å². The Labute approximate surface area is 128 Å². The van der Waals surface area contributed by atoms with Crippen molar-refractivity contribution in [2.24, 2.45) is 0 Å². The average molecular weight is 304 g/mol. The first-order valence-corrected chi connectivity index (χ1v) is 6.63. The molecule has 0 amide bonds. The number of hydrogen-bond acceptors (Lipinski definition) is 4. The number of ether oxygens (including phenoxy) is 3. The van der Waals surface area contributed by atoms with Gasteiger partial charge in [0, 0.05) is 12.7 Å². The summed E-state index contributed by atoms with van der Waals surface area (Å²) in [4.78, 5) is 11.3. The summed E-state index contributed by atoms with van der Waals surface area (Å²) in [6.45, 7) is 0.274. The minimum atomic E-state index is -0.495. The summed E-state index contributed by atoms with van der Waals surface area (Å²) in [7, 11) is 4.47. The molecular weight excluding hydrogens is 287 g/mol. The maximum absolute atomic E-state index is 14.1. The van der Waals surface area contributed by atoms with Crippen LogP contribution in [-0.4, -0.2) is 27.6 Å². The standard InChI is InChI=1S/C17H17FO4/c1-20-10-12-7-17(22-3)16(18)8-15(12)14-5-4-13(21-2)6-11(14)9-19/h4-9H,10H2,1-3H3. The quantitative estimate of drug-likeness (QED) is 0.767. The van der Waals surface area contributed by atoms with Gasteiger partial charge in [0.2, 0.25) is 0 Å². The maximum Gasteiger partial charge on any atom is 0.165 e. The number of hydrogen-bond donors (Lipinski definition) is 0. The normalized spacial score (nSPS) is 10.4. The number of carbonyl (C=O) groups is 1. The molecular formula is C17H17FO4. The van der Waals surface area contributed by atoms with E-state index in [2.05, 4.69) is 0 Å². The van der Waals surface area contributed by atoms with Crippen molar-refractivity contribution < 1.29 is 23.4 Å². The summed E-state index contributed by atoms with van der Waals surface area (Å²) in [5.74, 6) is 0.204. The molecule has 0 aromatic heterocycles. The van der Waals surface area contributed by atoms with Gasteiger partial charge in [0.25, 0.3) is 0 Å². The summed E-state index contributed by atoms with van der Waals surface area (Å²) in [5.41, 5.74) is 2.35. The van der Waals surface area contributed by atoms with E-state index in [1.54, 1.807) is 31.4 Å². The predicted octanol–water partition coefficient (Wildman–Crippen LogP) is 3.47. The van der Waals surface area contributed by atoms with Gasteiger partial charge in [0.05, 0.1) is 20.8 Å². The molecule has 0 unspecified atom stereocenters. The highest BCUT2D eigenvalue weighted by atomic mass is 19.1. The zero-order valence-corrected chi connectivity index (χ0v) is 12.7.